The third-order valence-electron chi connectivity index (χ3n) is 14.1. The van der Waals surface area contributed by atoms with Crippen LogP contribution in [0.2, 0.25) is 0 Å². The number of benzene rings is 6. The molecule has 5 nitrogen and oxygen atoms in total. The Morgan fingerprint density at radius 1 is 0.431 bits per heavy atom. The normalized spacial score (nSPS) is 14.0. The van der Waals surface area contributed by atoms with Crippen LogP contribution >= 0.6 is 0 Å². The van der Waals surface area contributed by atoms with Crippen molar-refractivity contribution in [1.82, 2.24) is 9.55 Å². The smallest absolute Gasteiger partial charge is 0.137 e. The summed E-state index contributed by atoms with van der Waals surface area (Å²) in [5.41, 5.74) is 14.0. The van der Waals surface area contributed by atoms with E-state index in [0.717, 1.165) is 34.0 Å². The third-order valence-corrected chi connectivity index (χ3v) is 14.1. The molecule has 5 heteroatoms. The number of hydrogen-bond acceptors (Lipinski definition) is 4. The zero-order chi connectivity index (χ0) is 46.1. The minimum absolute atomic E-state index is 0.00942. The summed E-state index contributed by atoms with van der Waals surface area (Å²) in [4.78, 5) is 9.85. The van der Waals surface area contributed by atoms with E-state index in [9.17, 15) is 0 Å². The molecule has 9 rings (SSSR count). The number of para-hydroxylation sites is 1. The average molecular weight is 857 g/mol. The highest BCUT2D eigenvalue weighted by atomic mass is 16.5. The lowest BCUT2D eigenvalue weighted by Gasteiger charge is -2.33. The van der Waals surface area contributed by atoms with Crippen LogP contribution in [0.15, 0.2) is 169 Å². The molecule has 0 bridgehead atoms. The van der Waals surface area contributed by atoms with Gasteiger partial charge >= 0.3 is 0 Å². The zero-order valence-corrected chi connectivity index (χ0v) is 40.4. The summed E-state index contributed by atoms with van der Waals surface area (Å²) < 4.78 is 9.24. The van der Waals surface area contributed by atoms with E-state index in [0.29, 0.717) is 6.67 Å². The van der Waals surface area contributed by atoms with Crippen LogP contribution < -0.4 is 14.5 Å². The molecule has 8 aromatic rings. The van der Waals surface area contributed by atoms with Gasteiger partial charge in [0, 0.05) is 62.7 Å². The maximum atomic E-state index is 6.96. The van der Waals surface area contributed by atoms with Gasteiger partial charge in [-0.1, -0.05) is 154 Å². The average Bonchev–Trinajstić information content (AvgIpc) is 3.78. The van der Waals surface area contributed by atoms with Crippen LogP contribution in [0.5, 0.6) is 11.5 Å². The van der Waals surface area contributed by atoms with Crippen molar-refractivity contribution in [3.63, 3.8) is 0 Å². The van der Waals surface area contributed by atoms with Crippen molar-refractivity contribution in [2.75, 3.05) is 16.5 Å². The van der Waals surface area contributed by atoms with Gasteiger partial charge in [0.1, 0.15) is 17.3 Å². The van der Waals surface area contributed by atoms with E-state index in [1.54, 1.807) is 0 Å². The van der Waals surface area contributed by atoms with Gasteiger partial charge in [-0.05, 0) is 113 Å². The second-order valence-electron chi connectivity index (χ2n) is 21.2. The molecule has 3 heterocycles. The first-order valence-electron chi connectivity index (χ1n) is 23.1. The molecular weight excluding hydrogens is 793 g/mol. The molecule has 2 aromatic heterocycles. The van der Waals surface area contributed by atoms with Gasteiger partial charge < -0.3 is 14.5 Å². The summed E-state index contributed by atoms with van der Waals surface area (Å²) in [5.74, 6) is 2.49. The first kappa shape index (κ1) is 43.7. The molecule has 0 atom stereocenters. The van der Waals surface area contributed by atoms with E-state index in [4.69, 9.17) is 9.72 Å². The SMILES string of the molecule is CC1=C(C)N(c2cc(C(C)(C)c3ccccc3)cc(C(C)(C)c3ccccc3)c2)CN1c1cc(Oc2ccc3c4ccccc4n(-c4cc(C(C)(C)C)ccn4)c3c2)cc(C(C)(C)C)c1. The topological polar surface area (TPSA) is 33.5 Å². The first-order chi connectivity index (χ1) is 30.8. The molecule has 0 saturated carbocycles. The number of rotatable bonds is 9. The maximum absolute atomic E-state index is 6.96. The van der Waals surface area contributed by atoms with Crippen molar-refractivity contribution < 1.29 is 4.74 Å². The van der Waals surface area contributed by atoms with Crippen molar-refractivity contribution in [1.29, 1.82) is 0 Å². The van der Waals surface area contributed by atoms with Crippen molar-refractivity contribution >= 4 is 33.2 Å². The predicted octanol–water partition coefficient (Wildman–Crippen LogP) is 15.8. The van der Waals surface area contributed by atoms with E-state index >= 15 is 0 Å². The van der Waals surface area contributed by atoms with Gasteiger partial charge in [-0.3, -0.25) is 4.57 Å². The number of hydrogen-bond donors (Lipinski definition) is 0. The van der Waals surface area contributed by atoms with Gasteiger partial charge in [0.05, 0.1) is 17.7 Å². The van der Waals surface area contributed by atoms with Crippen LogP contribution in [-0.4, -0.2) is 16.2 Å². The standard InChI is InChI=1S/C60H64N4O/c1-40-41(2)63(39-62(40)48-33-46(59(9,10)42-21-15-13-16-22-42)31-47(34-48)60(11,12)43-23-17-14-18-24-43)49-32-45(58(6,7)8)35-51(37-49)65-50-27-28-53-52-25-19-20-26-54(52)64(55(53)38-50)56-36-44(29-30-61-56)57(3,4)5/h13-38H,39H2,1-12H3. The molecule has 1 aliphatic heterocycles. The van der Waals surface area contributed by atoms with E-state index in [1.807, 2.05) is 6.20 Å². The zero-order valence-electron chi connectivity index (χ0n) is 40.4. The van der Waals surface area contributed by atoms with Crippen LogP contribution in [0.3, 0.4) is 0 Å². The number of anilines is 2. The highest BCUT2D eigenvalue weighted by molar-refractivity contribution is 6.09. The quantitative estimate of drug-likeness (QED) is 0.145. The molecule has 0 N–H and O–H groups in total. The molecule has 0 fully saturated rings. The monoisotopic (exact) mass is 857 g/mol. The molecule has 65 heavy (non-hydrogen) atoms. The minimum Gasteiger partial charge on any atom is -0.457 e. The minimum atomic E-state index is -0.220. The molecule has 0 saturated heterocycles. The third kappa shape index (κ3) is 8.11. The van der Waals surface area contributed by atoms with Crippen LogP contribution in [-0.2, 0) is 21.7 Å². The molecule has 6 aromatic carbocycles. The summed E-state index contributed by atoms with van der Waals surface area (Å²) in [6, 6.07) is 55.3. The van der Waals surface area contributed by atoms with Crippen molar-refractivity contribution in [3.8, 4) is 17.3 Å². The van der Waals surface area contributed by atoms with Crippen molar-refractivity contribution in [3.05, 3.63) is 203 Å². The fourth-order valence-electron chi connectivity index (χ4n) is 9.46. The summed E-state index contributed by atoms with van der Waals surface area (Å²) in [6.45, 7) is 28.2. The second kappa shape index (κ2) is 16.1. The molecular formula is C60H64N4O. The summed E-state index contributed by atoms with van der Waals surface area (Å²) >= 11 is 0. The molecule has 0 aliphatic carbocycles. The summed E-state index contributed by atoms with van der Waals surface area (Å²) in [6.07, 6.45) is 1.93. The molecule has 1 aliphatic rings. The van der Waals surface area contributed by atoms with E-state index in [2.05, 4.69) is 249 Å². The Bertz CT molecular complexity index is 3020. The van der Waals surface area contributed by atoms with Gasteiger partial charge in [-0.2, -0.15) is 0 Å². The number of allylic oxidation sites excluding steroid dienone is 2. The molecule has 0 spiro atoms. The Labute approximate surface area is 387 Å². The Morgan fingerprint density at radius 2 is 0.954 bits per heavy atom. The second-order valence-corrected chi connectivity index (χ2v) is 21.2. The number of nitrogens with zero attached hydrogens (tertiary/aromatic N) is 4. The van der Waals surface area contributed by atoms with Crippen LogP contribution in [0, 0.1) is 0 Å². The molecule has 330 valence electrons. The predicted molar refractivity (Wildman–Crippen MR) is 274 cm³/mol. The summed E-state index contributed by atoms with van der Waals surface area (Å²) in [5, 5.41) is 2.36. The van der Waals surface area contributed by atoms with E-state index < -0.39 is 0 Å². The Balaban J connectivity index is 1.11. The Hall–Kier alpha value is -6.59. The Morgan fingerprint density at radius 3 is 1.54 bits per heavy atom. The lowest BCUT2D eigenvalue weighted by atomic mass is 9.73. The molecule has 0 amide bonds. The van der Waals surface area contributed by atoms with E-state index in [1.165, 1.54) is 61.2 Å². The van der Waals surface area contributed by atoms with Gasteiger partial charge in [-0.15, -0.1) is 0 Å². The van der Waals surface area contributed by atoms with Gasteiger partial charge in [0.2, 0.25) is 0 Å². The van der Waals surface area contributed by atoms with Crippen LogP contribution in [0.25, 0.3) is 27.6 Å². The number of ether oxygens (including phenoxy) is 1. The van der Waals surface area contributed by atoms with Gasteiger partial charge in [-0.25, -0.2) is 4.98 Å². The van der Waals surface area contributed by atoms with Crippen LogP contribution in [0.1, 0.15) is 116 Å². The fraction of sp³-hybridized carbons (Fsp3) is 0.283. The number of pyridine rings is 1. The van der Waals surface area contributed by atoms with Gasteiger partial charge in [0.15, 0.2) is 0 Å². The van der Waals surface area contributed by atoms with Crippen molar-refractivity contribution in [2.45, 2.75) is 105 Å². The van der Waals surface area contributed by atoms with Gasteiger partial charge in [0.25, 0.3) is 0 Å². The number of aromatic nitrogens is 2. The van der Waals surface area contributed by atoms with Crippen LogP contribution in [0.4, 0.5) is 11.4 Å². The Kier molecular flexibility index (Phi) is 10.8. The fourth-order valence-corrected chi connectivity index (χ4v) is 9.46. The van der Waals surface area contributed by atoms with Crippen molar-refractivity contribution in [2.24, 2.45) is 0 Å². The maximum Gasteiger partial charge on any atom is 0.137 e. The highest BCUT2D eigenvalue weighted by Gasteiger charge is 2.33. The largest absolute Gasteiger partial charge is 0.457 e. The number of fused-ring (bicyclic) bond motifs is 3. The highest BCUT2D eigenvalue weighted by Crippen LogP contribution is 2.44. The van der Waals surface area contributed by atoms with E-state index in [-0.39, 0.29) is 21.7 Å². The first-order valence-corrected chi connectivity index (χ1v) is 23.1. The molecule has 0 unspecified atom stereocenters. The molecule has 0 radical (unpaired) electrons. The lowest BCUT2D eigenvalue weighted by Crippen LogP contribution is -2.29. The lowest BCUT2D eigenvalue weighted by molar-refractivity contribution is 0.479. The summed E-state index contributed by atoms with van der Waals surface area (Å²) in [7, 11) is 0.